The van der Waals surface area contributed by atoms with Crippen molar-refractivity contribution in [3.05, 3.63) is 59.5 Å². The highest BCUT2D eigenvalue weighted by Crippen LogP contribution is 2.28. The Bertz CT molecular complexity index is 1240. The number of anilines is 1. The van der Waals surface area contributed by atoms with E-state index in [0.29, 0.717) is 29.7 Å². The standard InChI is InChI=1S/C25H29N3O4S2/c1-25(2,3)19-8-10-20(11-9-19)32-16-23(29)27-24-26-22(17-33-24)18-6-12-21(13-7-18)34(30,31)28-14-4-5-15-28/h6-13,17H,4-5,14-16H2,1-3H3,(H,26,27,29). The maximum atomic E-state index is 12.7. The SMILES string of the molecule is CC(C)(C)c1ccc(OCC(=O)Nc2nc(-c3ccc(S(=O)(=O)N4CCCC4)cc3)cs2)cc1. The molecule has 0 unspecified atom stereocenters. The molecule has 1 fully saturated rings. The molecule has 1 aliphatic heterocycles. The van der Waals surface area contributed by atoms with E-state index >= 15 is 0 Å². The van der Waals surface area contributed by atoms with Crippen molar-refractivity contribution in [3.8, 4) is 17.0 Å². The summed E-state index contributed by atoms with van der Waals surface area (Å²) in [5.41, 5.74) is 2.71. The van der Waals surface area contributed by atoms with Crippen molar-refractivity contribution in [2.24, 2.45) is 0 Å². The molecule has 1 N–H and O–H groups in total. The van der Waals surface area contributed by atoms with Crippen molar-refractivity contribution in [2.75, 3.05) is 25.0 Å². The average molecular weight is 500 g/mol. The normalized spacial score (nSPS) is 14.8. The van der Waals surface area contributed by atoms with Gasteiger partial charge in [-0.2, -0.15) is 4.31 Å². The third kappa shape index (κ3) is 5.65. The van der Waals surface area contributed by atoms with Gasteiger partial charge in [-0.25, -0.2) is 13.4 Å². The third-order valence-corrected chi connectivity index (χ3v) is 8.36. The van der Waals surface area contributed by atoms with Crippen LogP contribution in [0.1, 0.15) is 39.2 Å². The van der Waals surface area contributed by atoms with E-state index in [1.807, 2.05) is 29.6 Å². The summed E-state index contributed by atoms with van der Waals surface area (Å²) >= 11 is 1.30. The predicted molar refractivity (Wildman–Crippen MR) is 135 cm³/mol. The Morgan fingerprint density at radius 3 is 2.32 bits per heavy atom. The Balaban J connectivity index is 1.33. The Hall–Kier alpha value is -2.75. The fraction of sp³-hybridized carbons (Fsp3) is 0.360. The molecule has 4 rings (SSSR count). The molecule has 0 atom stereocenters. The minimum atomic E-state index is -3.44. The highest BCUT2D eigenvalue weighted by Gasteiger charge is 2.27. The molecule has 9 heteroatoms. The molecule has 1 aliphatic rings. The summed E-state index contributed by atoms with van der Waals surface area (Å²) in [6.45, 7) is 7.46. The van der Waals surface area contributed by atoms with Crippen LogP contribution in [0.15, 0.2) is 58.8 Å². The first-order valence-corrected chi connectivity index (χ1v) is 13.5. The van der Waals surface area contributed by atoms with Crippen LogP contribution in [0.3, 0.4) is 0 Å². The summed E-state index contributed by atoms with van der Waals surface area (Å²) in [4.78, 5) is 17.0. The third-order valence-electron chi connectivity index (χ3n) is 5.69. The van der Waals surface area contributed by atoms with Gasteiger partial charge >= 0.3 is 0 Å². The highest BCUT2D eigenvalue weighted by molar-refractivity contribution is 7.89. The van der Waals surface area contributed by atoms with Gasteiger partial charge in [0.1, 0.15) is 5.75 Å². The van der Waals surface area contributed by atoms with Crippen molar-refractivity contribution in [1.29, 1.82) is 0 Å². The quantitative estimate of drug-likeness (QED) is 0.499. The highest BCUT2D eigenvalue weighted by atomic mass is 32.2. The number of nitrogens with one attached hydrogen (secondary N) is 1. The number of hydrogen-bond acceptors (Lipinski definition) is 6. The van der Waals surface area contributed by atoms with Crippen LogP contribution < -0.4 is 10.1 Å². The van der Waals surface area contributed by atoms with Gasteiger partial charge < -0.3 is 4.74 Å². The fourth-order valence-electron chi connectivity index (χ4n) is 3.69. The number of thiazole rings is 1. The van der Waals surface area contributed by atoms with Gasteiger partial charge in [0, 0.05) is 24.0 Å². The second kappa shape index (κ2) is 9.85. The lowest BCUT2D eigenvalue weighted by Gasteiger charge is -2.19. The molecule has 7 nitrogen and oxygen atoms in total. The average Bonchev–Trinajstić information content (AvgIpc) is 3.50. The van der Waals surface area contributed by atoms with E-state index in [9.17, 15) is 13.2 Å². The van der Waals surface area contributed by atoms with Gasteiger partial charge in [-0.15, -0.1) is 11.3 Å². The van der Waals surface area contributed by atoms with Gasteiger partial charge in [0.2, 0.25) is 10.0 Å². The molecule has 180 valence electrons. The fourth-order valence-corrected chi connectivity index (χ4v) is 5.95. The summed E-state index contributed by atoms with van der Waals surface area (Å²) < 4.78 is 32.5. The summed E-state index contributed by atoms with van der Waals surface area (Å²) in [7, 11) is -3.44. The summed E-state index contributed by atoms with van der Waals surface area (Å²) in [5, 5.41) is 5.04. The topological polar surface area (TPSA) is 88.6 Å². The van der Waals surface area contributed by atoms with Crippen LogP contribution >= 0.6 is 11.3 Å². The molecule has 0 bridgehead atoms. The molecule has 1 saturated heterocycles. The first kappa shape index (κ1) is 24.4. The number of carbonyl (C=O) groups is 1. The molecule has 1 amide bonds. The minimum Gasteiger partial charge on any atom is -0.484 e. The summed E-state index contributed by atoms with van der Waals surface area (Å²) in [6.07, 6.45) is 1.80. The Morgan fingerprint density at radius 1 is 1.06 bits per heavy atom. The second-order valence-corrected chi connectivity index (χ2v) is 12.1. The molecule has 0 spiro atoms. The predicted octanol–water partition coefficient (Wildman–Crippen LogP) is 4.91. The number of amides is 1. The summed E-state index contributed by atoms with van der Waals surface area (Å²) in [6, 6.07) is 14.4. The van der Waals surface area contributed by atoms with Crippen LogP contribution in [0.5, 0.6) is 5.75 Å². The van der Waals surface area contributed by atoms with Crippen LogP contribution in [0, 0.1) is 0 Å². The van der Waals surface area contributed by atoms with Gasteiger partial charge in [-0.3, -0.25) is 10.1 Å². The first-order chi connectivity index (χ1) is 16.1. The van der Waals surface area contributed by atoms with Crippen LogP contribution in [-0.2, 0) is 20.2 Å². The number of carbonyl (C=O) groups excluding carboxylic acids is 1. The van der Waals surface area contributed by atoms with E-state index in [-0.39, 0.29) is 22.8 Å². The van der Waals surface area contributed by atoms with E-state index in [4.69, 9.17) is 4.74 Å². The van der Waals surface area contributed by atoms with E-state index in [0.717, 1.165) is 18.4 Å². The van der Waals surface area contributed by atoms with Crippen LogP contribution in [0.25, 0.3) is 11.3 Å². The largest absolute Gasteiger partial charge is 0.484 e. The minimum absolute atomic E-state index is 0.0565. The second-order valence-electron chi connectivity index (χ2n) is 9.28. The van der Waals surface area contributed by atoms with Crippen molar-refractivity contribution in [1.82, 2.24) is 9.29 Å². The number of aromatic nitrogens is 1. The smallest absolute Gasteiger partial charge is 0.264 e. The van der Waals surface area contributed by atoms with Gasteiger partial charge in [-0.1, -0.05) is 45.0 Å². The molecule has 3 aromatic rings. The first-order valence-electron chi connectivity index (χ1n) is 11.2. The van der Waals surface area contributed by atoms with Crippen LogP contribution in [0.2, 0.25) is 0 Å². The molecule has 0 saturated carbocycles. The molecule has 0 radical (unpaired) electrons. The van der Waals surface area contributed by atoms with E-state index in [1.165, 1.54) is 21.2 Å². The van der Waals surface area contributed by atoms with Gasteiger partial charge in [0.15, 0.2) is 11.7 Å². The van der Waals surface area contributed by atoms with Gasteiger partial charge in [0.05, 0.1) is 10.6 Å². The maximum Gasteiger partial charge on any atom is 0.264 e. The van der Waals surface area contributed by atoms with Crippen molar-refractivity contribution >= 4 is 32.4 Å². The van der Waals surface area contributed by atoms with Gasteiger partial charge in [0.25, 0.3) is 5.91 Å². The molecule has 2 aromatic carbocycles. The van der Waals surface area contributed by atoms with Crippen molar-refractivity contribution in [3.63, 3.8) is 0 Å². The number of nitrogens with zero attached hydrogens (tertiary/aromatic N) is 2. The van der Waals surface area contributed by atoms with Crippen LogP contribution in [0.4, 0.5) is 5.13 Å². The van der Waals surface area contributed by atoms with Crippen molar-refractivity contribution in [2.45, 2.75) is 43.9 Å². The zero-order valence-corrected chi connectivity index (χ0v) is 21.2. The number of rotatable bonds is 7. The molecular formula is C25H29N3O4S2. The lowest BCUT2D eigenvalue weighted by molar-refractivity contribution is -0.118. The molecule has 1 aromatic heterocycles. The van der Waals surface area contributed by atoms with Crippen molar-refractivity contribution < 1.29 is 17.9 Å². The van der Waals surface area contributed by atoms with Crippen LogP contribution in [-0.4, -0.2) is 43.3 Å². The Kier molecular flexibility index (Phi) is 7.06. The molecule has 0 aliphatic carbocycles. The molecule has 34 heavy (non-hydrogen) atoms. The number of ether oxygens (including phenoxy) is 1. The van der Waals surface area contributed by atoms with E-state index in [2.05, 4.69) is 31.1 Å². The van der Waals surface area contributed by atoms with E-state index < -0.39 is 10.0 Å². The Labute approximate surface area is 204 Å². The Morgan fingerprint density at radius 2 is 1.71 bits per heavy atom. The molecular weight excluding hydrogens is 470 g/mol. The maximum absolute atomic E-state index is 12.7. The lowest BCUT2D eigenvalue weighted by atomic mass is 9.87. The van der Waals surface area contributed by atoms with Gasteiger partial charge in [-0.05, 0) is 48.1 Å². The number of sulfonamides is 1. The number of benzene rings is 2. The summed E-state index contributed by atoms with van der Waals surface area (Å²) in [5.74, 6) is 0.333. The monoisotopic (exact) mass is 499 g/mol. The van der Waals surface area contributed by atoms with E-state index in [1.54, 1.807) is 24.3 Å². The zero-order valence-electron chi connectivity index (χ0n) is 19.6. The molecule has 2 heterocycles. The zero-order chi connectivity index (χ0) is 24.3. The number of hydrogen-bond donors (Lipinski definition) is 1. The lowest BCUT2D eigenvalue weighted by Crippen LogP contribution is -2.27.